The zero-order valence-electron chi connectivity index (χ0n) is 19.0. The minimum atomic E-state index is -0.772. The third-order valence-electron chi connectivity index (χ3n) is 7.06. The average molecular weight is 613 g/mol. The third kappa shape index (κ3) is 6.03. The van der Waals surface area contributed by atoms with Crippen LogP contribution in [0.2, 0.25) is 5.02 Å². The first-order chi connectivity index (χ1) is 16.3. The van der Waals surface area contributed by atoms with Crippen LogP contribution < -0.4 is 0 Å². The number of carboxylic acids is 1. The minimum Gasteiger partial charge on any atom is -0.481 e. The van der Waals surface area contributed by atoms with Gasteiger partial charge >= 0.3 is 5.97 Å². The van der Waals surface area contributed by atoms with Crippen molar-refractivity contribution in [3.8, 4) is 0 Å². The highest BCUT2D eigenvalue weighted by molar-refractivity contribution is 9.10. The van der Waals surface area contributed by atoms with Crippen molar-refractivity contribution in [2.24, 2.45) is 5.92 Å². The van der Waals surface area contributed by atoms with E-state index in [0.717, 1.165) is 71.3 Å². The summed E-state index contributed by atoms with van der Waals surface area (Å²) in [4.78, 5) is 30.3. The number of aliphatic carboxylic acids is 1. The number of unbranched alkanes of at least 4 members (excludes halogenated alkanes) is 2. The van der Waals surface area contributed by atoms with Gasteiger partial charge in [0.25, 0.3) is 0 Å². The van der Waals surface area contributed by atoms with Crippen LogP contribution in [-0.4, -0.2) is 40.0 Å². The van der Waals surface area contributed by atoms with Crippen molar-refractivity contribution in [3.05, 3.63) is 60.7 Å². The summed E-state index contributed by atoms with van der Waals surface area (Å²) in [5.74, 6) is -0.0295. The van der Waals surface area contributed by atoms with E-state index >= 15 is 0 Å². The van der Waals surface area contributed by atoms with E-state index in [-0.39, 0.29) is 18.2 Å². The van der Waals surface area contributed by atoms with E-state index in [2.05, 4.69) is 44.0 Å². The molecule has 1 fully saturated rings. The highest BCUT2D eigenvalue weighted by Crippen LogP contribution is 2.46. The van der Waals surface area contributed by atoms with Crippen molar-refractivity contribution in [3.63, 3.8) is 0 Å². The van der Waals surface area contributed by atoms with Crippen molar-refractivity contribution >= 4 is 55.3 Å². The van der Waals surface area contributed by atoms with Gasteiger partial charge in [-0.15, -0.1) is 0 Å². The molecule has 4 rings (SSSR count). The number of piperidine rings is 1. The molecule has 1 aliphatic heterocycles. The van der Waals surface area contributed by atoms with Gasteiger partial charge in [0, 0.05) is 52.0 Å². The number of pyridine rings is 1. The molecule has 0 bridgehead atoms. The number of carbonyl (C=O) groups excluding carboxylic acids is 1. The highest BCUT2D eigenvalue weighted by atomic mass is 79.9. The molecule has 0 spiro atoms. The number of rotatable bonds is 7. The maximum Gasteiger partial charge on any atom is 0.303 e. The number of carboxylic acid groups (broad SMARTS) is 1. The SMILES string of the molecule is O=C(O)CCCCCC(=O)N1CCC(C2c3ncc(Br)cc3CCc3cc(Cl)cc(Br)c32)CC1. The van der Waals surface area contributed by atoms with Gasteiger partial charge in [0.05, 0.1) is 5.69 Å². The molecule has 1 atom stereocenters. The number of benzene rings is 1. The van der Waals surface area contributed by atoms with E-state index in [1.807, 2.05) is 17.2 Å². The summed E-state index contributed by atoms with van der Waals surface area (Å²) < 4.78 is 2.04. The van der Waals surface area contributed by atoms with Gasteiger partial charge in [0.1, 0.15) is 0 Å². The van der Waals surface area contributed by atoms with Crippen molar-refractivity contribution in [2.45, 2.75) is 63.7 Å². The van der Waals surface area contributed by atoms with Crippen LogP contribution in [0.5, 0.6) is 0 Å². The first-order valence-electron chi connectivity index (χ1n) is 11.9. The fraction of sp³-hybridized carbons (Fsp3) is 0.500. The number of carbonyl (C=O) groups is 2. The third-order valence-corrected chi connectivity index (χ3v) is 8.37. The van der Waals surface area contributed by atoms with E-state index < -0.39 is 5.97 Å². The van der Waals surface area contributed by atoms with Gasteiger partial charge in [-0.1, -0.05) is 34.0 Å². The Hall–Kier alpha value is -1.44. The molecule has 1 amide bonds. The standard InChI is InChI=1S/C26H29Br2ClN2O3/c27-19-12-18-7-6-17-13-20(29)14-21(28)24(17)25(26(18)30-15-19)16-8-10-31(11-9-16)22(32)4-2-1-3-5-23(33)34/h12-16,25H,1-11H2,(H,33,34). The van der Waals surface area contributed by atoms with Gasteiger partial charge in [0.2, 0.25) is 5.91 Å². The Morgan fingerprint density at radius 1 is 1.03 bits per heavy atom. The Bertz CT molecular complexity index is 1070. The average Bonchev–Trinajstić information content (AvgIpc) is 2.95. The van der Waals surface area contributed by atoms with Crippen LogP contribution in [0.1, 0.15) is 73.2 Å². The number of aryl methyl sites for hydroxylation is 2. The summed E-state index contributed by atoms with van der Waals surface area (Å²) in [5, 5.41) is 9.49. The predicted octanol–water partition coefficient (Wildman–Crippen LogP) is 6.76. The van der Waals surface area contributed by atoms with Crippen molar-refractivity contribution in [1.82, 2.24) is 9.88 Å². The summed E-state index contributed by atoms with van der Waals surface area (Å²) in [6.45, 7) is 1.50. The van der Waals surface area contributed by atoms with Crippen LogP contribution in [0.15, 0.2) is 33.3 Å². The Balaban J connectivity index is 1.48. The molecule has 1 unspecified atom stereocenters. The number of amides is 1. The number of fused-ring (bicyclic) bond motifs is 2. The number of likely N-dealkylation sites (tertiary alicyclic amines) is 1. The molecule has 2 aliphatic rings. The molecule has 8 heteroatoms. The van der Waals surface area contributed by atoms with Gasteiger partial charge in [-0.3, -0.25) is 14.6 Å². The largest absolute Gasteiger partial charge is 0.481 e. The highest BCUT2D eigenvalue weighted by Gasteiger charge is 2.36. The fourth-order valence-corrected chi connectivity index (χ4v) is 6.90. The molecule has 0 radical (unpaired) electrons. The lowest BCUT2D eigenvalue weighted by Crippen LogP contribution is -2.40. The quantitative estimate of drug-likeness (QED) is 0.351. The zero-order chi connectivity index (χ0) is 24.2. The van der Waals surface area contributed by atoms with Gasteiger partial charge < -0.3 is 10.0 Å². The van der Waals surface area contributed by atoms with Gasteiger partial charge in [-0.25, -0.2) is 0 Å². The molecule has 1 aliphatic carbocycles. The summed E-state index contributed by atoms with van der Waals surface area (Å²) in [6, 6.07) is 6.28. The number of nitrogens with zero attached hydrogens (tertiary/aromatic N) is 2. The summed E-state index contributed by atoms with van der Waals surface area (Å²) >= 11 is 13.8. The Morgan fingerprint density at radius 2 is 1.74 bits per heavy atom. The van der Waals surface area contributed by atoms with Gasteiger partial charge in [-0.05, 0) is 95.3 Å². The summed E-state index contributed by atoms with van der Waals surface area (Å²) in [5.41, 5.74) is 4.99. The first kappa shape index (κ1) is 25.6. The summed E-state index contributed by atoms with van der Waals surface area (Å²) in [6.07, 6.45) is 8.45. The molecule has 2 heterocycles. The lowest BCUT2D eigenvalue weighted by molar-refractivity contribution is -0.137. The molecule has 1 N–H and O–H groups in total. The molecule has 2 aromatic rings. The number of hydrogen-bond donors (Lipinski definition) is 1. The van der Waals surface area contributed by atoms with E-state index in [4.69, 9.17) is 21.7 Å². The molecule has 0 saturated carbocycles. The normalized spacial score (nSPS) is 18.2. The molecular weight excluding hydrogens is 584 g/mol. The molecule has 1 saturated heterocycles. The zero-order valence-corrected chi connectivity index (χ0v) is 23.0. The first-order valence-corrected chi connectivity index (χ1v) is 13.9. The maximum atomic E-state index is 12.7. The Kier molecular flexibility index (Phi) is 8.70. The number of hydrogen-bond acceptors (Lipinski definition) is 3. The van der Waals surface area contributed by atoms with Gasteiger partial charge in [-0.2, -0.15) is 0 Å². The Labute approximate surface area is 222 Å². The second-order valence-electron chi connectivity index (χ2n) is 9.31. The summed E-state index contributed by atoms with van der Waals surface area (Å²) in [7, 11) is 0. The topological polar surface area (TPSA) is 70.5 Å². The maximum absolute atomic E-state index is 12.7. The fourth-order valence-electron chi connectivity index (χ4n) is 5.40. The molecular formula is C26H29Br2ClN2O3. The molecule has 1 aromatic carbocycles. The van der Waals surface area contributed by atoms with Crippen molar-refractivity contribution < 1.29 is 14.7 Å². The van der Waals surface area contributed by atoms with E-state index in [1.165, 1.54) is 16.7 Å². The van der Waals surface area contributed by atoms with Crippen LogP contribution in [0.3, 0.4) is 0 Å². The van der Waals surface area contributed by atoms with Crippen LogP contribution in [0, 0.1) is 5.92 Å². The second-order valence-corrected chi connectivity index (χ2v) is 11.5. The monoisotopic (exact) mass is 610 g/mol. The van der Waals surface area contributed by atoms with Crippen molar-refractivity contribution in [1.29, 1.82) is 0 Å². The second kappa shape index (κ2) is 11.5. The van der Waals surface area contributed by atoms with E-state index in [1.54, 1.807) is 0 Å². The molecule has 182 valence electrons. The van der Waals surface area contributed by atoms with Crippen LogP contribution in [0.4, 0.5) is 0 Å². The lowest BCUT2D eigenvalue weighted by atomic mass is 9.76. The smallest absolute Gasteiger partial charge is 0.303 e. The number of halogens is 3. The lowest BCUT2D eigenvalue weighted by Gasteiger charge is -2.37. The minimum absolute atomic E-state index is 0.167. The predicted molar refractivity (Wildman–Crippen MR) is 140 cm³/mol. The Morgan fingerprint density at radius 3 is 2.47 bits per heavy atom. The molecule has 1 aromatic heterocycles. The molecule has 5 nitrogen and oxygen atoms in total. The molecule has 34 heavy (non-hydrogen) atoms. The number of aromatic nitrogens is 1. The van der Waals surface area contributed by atoms with E-state index in [0.29, 0.717) is 18.8 Å². The van der Waals surface area contributed by atoms with Crippen LogP contribution >= 0.6 is 43.5 Å². The van der Waals surface area contributed by atoms with Crippen molar-refractivity contribution in [2.75, 3.05) is 13.1 Å². The van der Waals surface area contributed by atoms with Crippen LogP contribution in [0.25, 0.3) is 0 Å². The van der Waals surface area contributed by atoms with Crippen LogP contribution in [-0.2, 0) is 22.4 Å². The van der Waals surface area contributed by atoms with Gasteiger partial charge in [0.15, 0.2) is 0 Å². The van der Waals surface area contributed by atoms with E-state index in [9.17, 15) is 9.59 Å².